The Bertz CT molecular complexity index is 838. The number of aromatic nitrogens is 3. The Morgan fingerprint density at radius 3 is 3.00 bits per heavy atom. The zero-order valence-corrected chi connectivity index (χ0v) is 13.6. The largest absolute Gasteiger partial charge is 0.633 e. The molecule has 4 aliphatic heterocycles. The van der Waals surface area contributed by atoms with E-state index < -0.39 is 5.60 Å². The van der Waals surface area contributed by atoms with Gasteiger partial charge in [0.25, 0.3) is 6.02 Å². The fourth-order valence-corrected chi connectivity index (χ4v) is 4.42. The Morgan fingerprint density at radius 2 is 2.21 bits per heavy atom. The predicted molar refractivity (Wildman–Crippen MR) is 88.4 cm³/mol. The molecule has 6 heterocycles. The number of aryl methyl sites for hydroxylation is 1. The third-order valence-corrected chi connectivity index (χ3v) is 5.73. The van der Waals surface area contributed by atoms with E-state index in [0.29, 0.717) is 43.9 Å². The van der Waals surface area contributed by atoms with Gasteiger partial charge < -0.3 is 14.6 Å². The molecule has 24 heavy (non-hydrogen) atoms. The molecule has 0 amide bonds. The minimum absolute atomic E-state index is 0.130. The summed E-state index contributed by atoms with van der Waals surface area (Å²) in [7, 11) is 0. The van der Waals surface area contributed by atoms with Crippen LogP contribution in [0.3, 0.4) is 0 Å². The summed E-state index contributed by atoms with van der Waals surface area (Å²) in [5, 5.41) is 20.1. The van der Waals surface area contributed by atoms with Crippen molar-refractivity contribution < 1.29 is 9.38 Å². The topological polar surface area (TPSA) is 86.9 Å². The van der Waals surface area contributed by atoms with Crippen LogP contribution in [0.5, 0.6) is 0 Å². The molecule has 1 atom stereocenters. The minimum atomic E-state index is -0.429. The van der Waals surface area contributed by atoms with E-state index in [1.54, 1.807) is 0 Å². The molecule has 0 aromatic carbocycles. The smallest absolute Gasteiger partial charge is 0.291 e. The second-order valence-corrected chi connectivity index (χ2v) is 7.23. The van der Waals surface area contributed by atoms with Crippen molar-refractivity contribution in [1.29, 1.82) is 0 Å². The quantitative estimate of drug-likeness (QED) is 0.630. The van der Waals surface area contributed by atoms with Gasteiger partial charge in [0.2, 0.25) is 0 Å². The van der Waals surface area contributed by atoms with Crippen molar-refractivity contribution in [3.05, 3.63) is 29.4 Å². The normalized spacial score (nSPS) is 34.6. The van der Waals surface area contributed by atoms with E-state index in [0.717, 1.165) is 24.1 Å². The Morgan fingerprint density at radius 1 is 1.38 bits per heavy atom. The van der Waals surface area contributed by atoms with Crippen molar-refractivity contribution in [2.24, 2.45) is 10.9 Å². The van der Waals surface area contributed by atoms with Gasteiger partial charge in [0, 0.05) is 24.5 Å². The third-order valence-electron chi connectivity index (χ3n) is 5.73. The fourth-order valence-electron chi connectivity index (χ4n) is 4.42. The molecule has 0 radical (unpaired) electrons. The zero-order valence-electron chi connectivity index (χ0n) is 13.6. The lowest BCUT2D eigenvalue weighted by Gasteiger charge is -2.58. The van der Waals surface area contributed by atoms with E-state index in [9.17, 15) is 5.21 Å². The molecule has 0 aliphatic carbocycles. The highest BCUT2D eigenvalue weighted by molar-refractivity contribution is 5.93. The first kappa shape index (κ1) is 14.2. The number of quaternary nitrogens is 1. The first-order valence-corrected chi connectivity index (χ1v) is 8.44. The first-order valence-electron chi connectivity index (χ1n) is 8.44. The van der Waals surface area contributed by atoms with E-state index in [-0.39, 0.29) is 4.65 Å². The number of piperidine rings is 3. The highest BCUT2D eigenvalue weighted by Gasteiger charge is 2.56. The first-order chi connectivity index (χ1) is 11.6. The summed E-state index contributed by atoms with van der Waals surface area (Å²) in [4.78, 5) is 8.85. The number of ether oxygens (including phenoxy) is 1. The summed E-state index contributed by atoms with van der Waals surface area (Å²) < 4.78 is 7.90. The molecule has 1 spiro atoms. The van der Waals surface area contributed by atoms with Crippen molar-refractivity contribution in [2.75, 3.05) is 31.5 Å². The average Bonchev–Trinajstić information content (AvgIpc) is 3.13. The van der Waals surface area contributed by atoms with Gasteiger partial charge in [-0.15, -0.1) is 0 Å². The second-order valence-electron chi connectivity index (χ2n) is 7.23. The predicted octanol–water partition coefficient (Wildman–Crippen LogP) is 1.31. The summed E-state index contributed by atoms with van der Waals surface area (Å²) in [6.45, 7) is 4.50. The number of nitrogens with zero attached hydrogens (tertiary/aromatic N) is 5. The van der Waals surface area contributed by atoms with Gasteiger partial charge in [0.1, 0.15) is 18.4 Å². The lowest BCUT2D eigenvalue weighted by molar-refractivity contribution is -0.905. The number of hydrogen-bond acceptors (Lipinski definition) is 6. The van der Waals surface area contributed by atoms with Crippen LogP contribution in [0.15, 0.2) is 23.5 Å². The maximum Gasteiger partial charge on any atom is 0.291 e. The summed E-state index contributed by atoms with van der Waals surface area (Å²) in [6, 6.07) is 4.43. The van der Waals surface area contributed by atoms with Crippen LogP contribution in [0.1, 0.15) is 18.5 Å². The molecule has 6 rings (SSSR count). The number of hydroxylamine groups is 3. The van der Waals surface area contributed by atoms with Crippen LogP contribution >= 0.6 is 0 Å². The van der Waals surface area contributed by atoms with E-state index in [1.165, 1.54) is 6.33 Å². The van der Waals surface area contributed by atoms with Gasteiger partial charge in [0.15, 0.2) is 11.4 Å². The highest BCUT2D eigenvalue weighted by Crippen LogP contribution is 2.44. The fraction of sp³-hybridized carbons (Fsp3) is 0.562. The van der Waals surface area contributed by atoms with Crippen LogP contribution < -0.4 is 5.32 Å². The van der Waals surface area contributed by atoms with Gasteiger partial charge in [-0.1, -0.05) is 0 Å². The molecule has 3 fully saturated rings. The number of aliphatic imine (C=N–C) groups is 1. The van der Waals surface area contributed by atoms with Gasteiger partial charge in [-0.05, 0) is 19.1 Å². The number of amidine groups is 1. The number of fused-ring (bicyclic) bond motifs is 3. The van der Waals surface area contributed by atoms with Gasteiger partial charge in [-0.25, -0.2) is 14.5 Å². The molecule has 4 aliphatic rings. The lowest BCUT2D eigenvalue weighted by atomic mass is 9.75. The standard InChI is InChI=1S/C16H20N6O2/c1-11-2-3-13-14(18-10-19-21(11)13)20-15-17-8-16(24-15)9-22(23)6-4-12(16)5-7-22/h2-3,10,12H,4-9H2,1H3,(H,17,18,19,20)/t12?,16-,22?/m0/s1. The molecule has 3 saturated heterocycles. The lowest BCUT2D eigenvalue weighted by Crippen LogP contribution is -2.67. The average molecular weight is 328 g/mol. The molecule has 2 aromatic rings. The van der Waals surface area contributed by atoms with Crippen molar-refractivity contribution in [2.45, 2.75) is 25.4 Å². The van der Waals surface area contributed by atoms with E-state index in [2.05, 4.69) is 20.4 Å². The molecule has 0 saturated carbocycles. The molecule has 8 heteroatoms. The van der Waals surface area contributed by atoms with Gasteiger partial charge in [0.05, 0.1) is 19.6 Å². The van der Waals surface area contributed by atoms with E-state index >= 15 is 0 Å². The van der Waals surface area contributed by atoms with E-state index in [1.807, 2.05) is 23.6 Å². The molecule has 126 valence electrons. The van der Waals surface area contributed by atoms with Crippen molar-refractivity contribution in [3.63, 3.8) is 0 Å². The highest BCUT2D eigenvalue weighted by atomic mass is 16.6. The third kappa shape index (κ3) is 1.96. The summed E-state index contributed by atoms with van der Waals surface area (Å²) >= 11 is 0. The van der Waals surface area contributed by atoms with Gasteiger partial charge >= 0.3 is 0 Å². The molecule has 2 aromatic heterocycles. The van der Waals surface area contributed by atoms with Crippen LogP contribution in [0.4, 0.5) is 5.82 Å². The number of hydrogen-bond donors (Lipinski definition) is 1. The van der Waals surface area contributed by atoms with Crippen LogP contribution in [-0.4, -0.2) is 57.0 Å². The number of nitrogens with one attached hydrogen (secondary N) is 1. The Balaban J connectivity index is 1.40. The SMILES string of the molecule is Cc1ccc2c(NC3=NC[C@@]4(C[N+]5([O-])CCC4CC5)O3)ncnn12. The molecule has 2 bridgehead atoms. The van der Waals surface area contributed by atoms with Crippen LogP contribution in [-0.2, 0) is 4.74 Å². The Labute approximate surface area is 139 Å². The number of rotatable bonds is 1. The van der Waals surface area contributed by atoms with Crippen molar-refractivity contribution >= 4 is 17.4 Å². The summed E-state index contributed by atoms with van der Waals surface area (Å²) in [6.07, 6.45) is 3.38. The maximum atomic E-state index is 12.7. The summed E-state index contributed by atoms with van der Waals surface area (Å²) in [5.74, 6) is 1.09. The van der Waals surface area contributed by atoms with Crippen molar-refractivity contribution in [3.8, 4) is 0 Å². The maximum absolute atomic E-state index is 12.7. The van der Waals surface area contributed by atoms with Crippen molar-refractivity contribution in [1.82, 2.24) is 14.6 Å². The Kier molecular flexibility index (Phi) is 2.76. The Hall–Kier alpha value is -2.19. The second kappa shape index (κ2) is 4.67. The van der Waals surface area contributed by atoms with E-state index in [4.69, 9.17) is 4.74 Å². The summed E-state index contributed by atoms with van der Waals surface area (Å²) in [5.41, 5.74) is 1.49. The molecular weight excluding hydrogens is 308 g/mol. The van der Waals surface area contributed by atoms with Crippen LogP contribution in [0.25, 0.3) is 5.52 Å². The number of anilines is 1. The molecule has 1 N–H and O–H groups in total. The molecular formula is C16H20N6O2. The minimum Gasteiger partial charge on any atom is -0.633 e. The molecule has 8 nitrogen and oxygen atoms in total. The van der Waals surface area contributed by atoms with Crippen LogP contribution in [0, 0.1) is 18.0 Å². The van der Waals surface area contributed by atoms with Gasteiger partial charge in [-0.2, -0.15) is 5.10 Å². The van der Waals surface area contributed by atoms with Crippen LogP contribution in [0.2, 0.25) is 0 Å². The monoisotopic (exact) mass is 328 g/mol. The molecule has 0 unspecified atom stereocenters. The van der Waals surface area contributed by atoms with Gasteiger partial charge in [-0.3, -0.25) is 5.32 Å². The zero-order chi connectivity index (χ0) is 16.4.